The van der Waals surface area contributed by atoms with Gasteiger partial charge in [0.25, 0.3) is 0 Å². The van der Waals surface area contributed by atoms with Crippen LogP contribution in [0.25, 0.3) is 0 Å². The van der Waals surface area contributed by atoms with E-state index in [4.69, 9.17) is 25.4 Å². The second-order valence-corrected chi connectivity index (χ2v) is 5.35. The zero-order chi connectivity index (χ0) is 14.6. The average molecular weight is 284 g/mol. The molecule has 2 unspecified atom stereocenters. The van der Waals surface area contributed by atoms with E-state index in [1.54, 1.807) is 6.92 Å². The largest absolute Gasteiger partial charge is 0.422 e. The molecule has 0 aromatic carbocycles. The minimum atomic E-state index is -0.649. The number of nitrogens with two attached hydrogens (primary N) is 2. The van der Waals surface area contributed by atoms with Crippen molar-refractivity contribution < 1.29 is 13.9 Å². The Balaban J connectivity index is 2.05. The Morgan fingerprint density at radius 2 is 2.00 bits per heavy atom. The highest BCUT2D eigenvalue weighted by molar-refractivity contribution is 5.01. The van der Waals surface area contributed by atoms with E-state index in [9.17, 15) is 0 Å². The molecule has 1 saturated heterocycles. The van der Waals surface area contributed by atoms with Crippen LogP contribution in [0.15, 0.2) is 4.42 Å². The first-order valence-corrected chi connectivity index (χ1v) is 7.16. The second kappa shape index (κ2) is 6.62. The summed E-state index contributed by atoms with van der Waals surface area (Å²) in [7, 11) is 0. The van der Waals surface area contributed by atoms with Gasteiger partial charge in [0.15, 0.2) is 6.29 Å². The molecule has 7 nitrogen and oxygen atoms in total. The summed E-state index contributed by atoms with van der Waals surface area (Å²) in [6, 6.07) is -0.288. The van der Waals surface area contributed by atoms with Crippen LogP contribution in [0.1, 0.15) is 57.4 Å². The molecule has 20 heavy (non-hydrogen) atoms. The van der Waals surface area contributed by atoms with Crippen LogP contribution >= 0.6 is 0 Å². The molecule has 1 aliphatic rings. The van der Waals surface area contributed by atoms with Crippen molar-refractivity contribution in [3.05, 3.63) is 11.8 Å². The van der Waals surface area contributed by atoms with Crippen LogP contribution in [-0.4, -0.2) is 29.7 Å². The van der Waals surface area contributed by atoms with Crippen LogP contribution in [0, 0.1) is 0 Å². The number of hydrogen-bond acceptors (Lipinski definition) is 7. The van der Waals surface area contributed by atoms with Gasteiger partial charge in [-0.25, -0.2) is 0 Å². The lowest BCUT2D eigenvalue weighted by Crippen LogP contribution is -2.38. The van der Waals surface area contributed by atoms with Gasteiger partial charge >= 0.3 is 0 Å². The highest BCUT2D eigenvalue weighted by atomic mass is 16.7. The topological polar surface area (TPSA) is 109 Å². The molecule has 1 fully saturated rings. The highest BCUT2D eigenvalue weighted by Crippen LogP contribution is 2.30. The fourth-order valence-corrected chi connectivity index (χ4v) is 2.35. The van der Waals surface area contributed by atoms with Gasteiger partial charge in [-0.2, -0.15) is 0 Å². The third-order valence-electron chi connectivity index (χ3n) is 3.47. The van der Waals surface area contributed by atoms with Crippen molar-refractivity contribution in [2.75, 3.05) is 13.2 Å². The zero-order valence-corrected chi connectivity index (χ0v) is 12.2. The summed E-state index contributed by atoms with van der Waals surface area (Å²) in [5.41, 5.74) is 11.6. The molecule has 0 spiro atoms. The van der Waals surface area contributed by atoms with E-state index < -0.39 is 5.54 Å². The molecule has 2 heterocycles. The minimum absolute atomic E-state index is 0.175. The van der Waals surface area contributed by atoms with E-state index >= 15 is 0 Å². The van der Waals surface area contributed by atoms with E-state index in [1.165, 1.54) is 0 Å². The average Bonchev–Trinajstić information content (AvgIpc) is 3.08. The standard InChI is InChI=1S/C13H24N4O3/c1-3-5-13(15,6-4-10-18-7-8-19-10)12-17-16-11(20-12)9(2)14/h9-10H,3-8,14-15H2,1-2H3. The van der Waals surface area contributed by atoms with Crippen LogP contribution < -0.4 is 11.5 Å². The maximum Gasteiger partial charge on any atom is 0.236 e. The SMILES string of the molecule is CCCC(N)(CCC1OCCO1)c1nnc(C(C)N)o1. The lowest BCUT2D eigenvalue weighted by molar-refractivity contribution is -0.0523. The quantitative estimate of drug-likeness (QED) is 0.774. The molecule has 0 saturated carbocycles. The fourth-order valence-electron chi connectivity index (χ4n) is 2.35. The molecule has 0 bridgehead atoms. The molecule has 0 aliphatic carbocycles. The van der Waals surface area contributed by atoms with E-state index in [2.05, 4.69) is 17.1 Å². The van der Waals surface area contributed by atoms with Gasteiger partial charge in [-0.05, 0) is 19.8 Å². The number of hydrogen-bond donors (Lipinski definition) is 2. The van der Waals surface area contributed by atoms with Gasteiger partial charge in [0.2, 0.25) is 11.8 Å². The number of rotatable bonds is 7. The Labute approximate surface area is 119 Å². The van der Waals surface area contributed by atoms with Crippen LogP contribution in [0.5, 0.6) is 0 Å². The lowest BCUT2D eigenvalue weighted by atomic mass is 9.89. The van der Waals surface area contributed by atoms with Crippen LogP contribution in [0.3, 0.4) is 0 Å². The van der Waals surface area contributed by atoms with Gasteiger partial charge in [0.05, 0.1) is 24.8 Å². The Bertz CT molecular complexity index is 418. The Hall–Kier alpha value is -1.02. The van der Waals surface area contributed by atoms with Gasteiger partial charge in [-0.3, -0.25) is 0 Å². The normalized spacial score (nSPS) is 21.0. The first-order valence-electron chi connectivity index (χ1n) is 7.16. The number of aromatic nitrogens is 2. The minimum Gasteiger partial charge on any atom is -0.422 e. The summed E-state index contributed by atoms with van der Waals surface area (Å²) in [5.74, 6) is 0.865. The molecule has 0 amide bonds. The maximum absolute atomic E-state index is 6.47. The molecule has 114 valence electrons. The van der Waals surface area contributed by atoms with Crippen molar-refractivity contribution in [2.24, 2.45) is 11.5 Å². The summed E-state index contributed by atoms with van der Waals surface area (Å²) < 4.78 is 16.5. The molecule has 2 atom stereocenters. The third kappa shape index (κ3) is 3.54. The molecule has 2 rings (SSSR count). The van der Waals surface area contributed by atoms with Crippen molar-refractivity contribution >= 4 is 0 Å². The Morgan fingerprint density at radius 3 is 2.55 bits per heavy atom. The zero-order valence-electron chi connectivity index (χ0n) is 12.2. The third-order valence-corrected chi connectivity index (χ3v) is 3.47. The van der Waals surface area contributed by atoms with Crippen molar-refractivity contribution in [3.63, 3.8) is 0 Å². The van der Waals surface area contributed by atoms with Crippen molar-refractivity contribution in [2.45, 2.75) is 57.4 Å². The summed E-state index contributed by atoms with van der Waals surface area (Å²) >= 11 is 0. The lowest BCUT2D eigenvalue weighted by Gasteiger charge is -2.26. The van der Waals surface area contributed by atoms with Crippen molar-refractivity contribution in [1.82, 2.24) is 10.2 Å². The first-order chi connectivity index (χ1) is 9.55. The first kappa shape index (κ1) is 15.4. The molecule has 4 N–H and O–H groups in total. The van der Waals surface area contributed by atoms with Gasteiger partial charge < -0.3 is 25.4 Å². The maximum atomic E-state index is 6.47. The predicted molar refractivity (Wildman–Crippen MR) is 72.6 cm³/mol. The highest BCUT2D eigenvalue weighted by Gasteiger charge is 2.34. The van der Waals surface area contributed by atoms with E-state index in [1.807, 2.05) is 0 Å². The fraction of sp³-hybridized carbons (Fsp3) is 0.846. The van der Waals surface area contributed by atoms with E-state index in [0.29, 0.717) is 37.8 Å². The Kier molecular flexibility index (Phi) is 5.09. The summed E-state index contributed by atoms with van der Waals surface area (Å²) in [4.78, 5) is 0. The van der Waals surface area contributed by atoms with Crippen LogP contribution in [-0.2, 0) is 15.0 Å². The van der Waals surface area contributed by atoms with Gasteiger partial charge in [-0.1, -0.05) is 13.3 Å². The summed E-state index contributed by atoms with van der Waals surface area (Å²) in [6.07, 6.45) is 2.91. The number of ether oxygens (including phenoxy) is 2. The van der Waals surface area contributed by atoms with Gasteiger partial charge in [0.1, 0.15) is 0 Å². The smallest absolute Gasteiger partial charge is 0.236 e. The molecule has 0 radical (unpaired) electrons. The van der Waals surface area contributed by atoms with E-state index in [0.717, 1.165) is 12.8 Å². The second-order valence-electron chi connectivity index (χ2n) is 5.35. The summed E-state index contributed by atoms with van der Waals surface area (Å²) in [6.45, 7) is 5.17. The Morgan fingerprint density at radius 1 is 1.30 bits per heavy atom. The molecular formula is C13H24N4O3. The molecular weight excluding hydrogens is 260 g/mol. The van der Waals surface area contributed by atoms with Crippen LogP contribution in [0.4, 0.5) is 0 Å². The monoisotopic (exact) mass is 284 g/mol. The molecule has 7 heteroatoms. The van der Waals surface area contributed by atoms with Crippen molar-refractivity contribution in [1.29, 1.82) is 0 Å². The van der Waals surface area contributed by atoms with Gasteiger partial charge in [0, 0.05) is 6.42 Å². The molecule has 1 aromatic rings. The summed E-state index contributed by atoms with van der Waals surface area (Å²) in [5, 5.41) is 8.03. The van der Waals surface area contributed by atoms with Gasteiger partial charge in [-0.15, -0.1) is 10.2 Å². The predicted octanol–water partition coefficient (Wildman–Crippen LogP) is 1.20. The van der Waals surface area contributed by atoms with E-state index in [-0.39, 0.29) is 12.3 Å². The molecule has 1 aliphatic heterocycles. The number of nitrogens with zero attached hydrogens (tertiary/aromatic N) is 2. The van der Waals surface area contributed by atoms with Crippen molar-refractivity contribution in [3.8, 4) is 0 Å². The van der Waals surface area contributed by atoms with Crippen LogP contribution in [0.2, 0.25) is 0 Å². The molecule has 1 aromatic heterocycles.